The Morgan fingerprint density at radius 1 is 1.28 bits per heavy atom. The molecule has 1 aromatic rings. The molecule has 0 bridgehead atoms. The quantitative estimate of drug-likeness (QED) is 0.578. The molecule has 0 aliphatic carbocycles. The van der Waals surface area contributed by atoms with Crippen LogP contribution in [0.4, 0.5) is 5.82 Å². The van der Waals surface area contributed by atoms with Crippen LogP contribution in [0, 0.1) is 0 Å². The van der Waals surface area contributed by atoms with E-state index >= 15 is 0 Å². The van der Waals surface area contributed by atoms with E-state index in [1.165, 1.54) is 0 Å². The smallest absolute Gasteiger partial charge is 0.271 e. The Hall–Kier alpha value is -1.73. The molecule has 100 valence electrons. The summed E-state index contributed by atoms with van der Waals surface area (Å²) in [5, 5.41) is 28.2. The maximum absolute atomic E-state index is 11.5. The van der Waals surface area contributed by atoms with Gasteiger partial charge in [-0.3, -0.25) is 4.79 Å². The van der Waals surface area contributed by atoms with Crippen molar-refractivity contribution in [3.63, 3.8) is 0 Å². The first-order chi connectivity index (χ1) is 8.72. The predicted octanol–water partition coefficient (Wildman–Crippen LogP) is -0.983. The number of nitrogens with one attached hydrogen (secondary N) is 1. The van der Waals surface area contributed by atoms with Gasteiger partial charge in [-0.15, -0.1) is 10.2 Å². The van der Waals surface area contributed by atoms with Crippen LogP contribution in [0.15, 0.2) is 12.1 Å². The lowest BCUT2D eigenvalue weighted by atomic mass is 10.3. The lowest BCUT2D eigenvalue weighted by Crippen LogP contribution is -2.31. The second kappa shape index (κ2) is 7.57. The lowest BCUT2D eigenvalue weighted by Gasteiger charge is -2.20. The third-order valence-corrected chi connectivity index (χ3v) is 2.28. The highest BCUT2D eigenvalue weighted by atomic mass is 16.3. The summed E-state index contributed by atoms with van der Waals surface area (Å²) in [4.78, 5) is 13.2. The molecule has 7 nitrogen and oxygen atoms in total. The van der Waals surface area contributed by atoms with Crippen molar-refractivity contribution in [2.45, 2.75) is 6.92 Å². The second-order valence-electron chi connectivity index (χ2n) is 3.57. The Morgan fingerprint density at radius 3 is 2.39 bits per heavy atom. The average molecular weight is 254 g/mol. The van der Waals surface area contributed by atoms with Crippen molar-refractivity contribution in [1.82, 2.24) is 15.5 Å². The fourth-order valence-corrected chi connectivity index (χ4v) is 1.45. The number of carbonyl (C=O) groups excluding carboxylic acids is 1. The molecule has 18 heavy (non-hydrogen) atoms. The number of aromatic nitrogens is 2. The fourth-order valence-electron chi connectivity index (χ4n) is 1.45. The monoisotopic (exact) mass is 254 g/mol. The van der Waals surface area contributed by atoms with Crippen LogP contribution < -0.4 is 10.2 Å². The maximum atomic E-state index is 11.5. The number of aliphatic hydroxyl groups is 2. The molecule has 0 unspecified atom stereocenters. The van der Waals surface area contributed by atoms with Gasteiger partial charge < -0.3 is 20.4 Å². The van der Waals surface area contributed by atoms with E-state index in [4.69, 9.17) is 10.2 Å². The third kappa shape index (κ3) is 3.94. The fraction of sp³-hybridized carbons (Fsp3) is 0.545. The van der Waals surface area contributed by atoms with Crippen LogP contribution >= 0.6 is 0 Å². The molecule has 0 aromatic carbocycles. The number of aliphatic hydroxyl groups excluding tert-OH is 2. The molecule has 0 aliphatic rings. The summed E-state index contributed by atoms with van der Waals surface area (Å²) < 4.78 is 0. The van der Waals surface area contributed by atoms with Crippen molar-refractivity contribution in [2.75, 3.05) is 37.7 Å². The summed E-state index contributed by atoms with van der Waals surface area (Å²) in [6, 6.07) is 3.21. The van der Waals surface area contributed by atoms with Crippen LogP contribution in [-0.2, 0) is 0 Å². The van der Waals surface area contributed by atoms with Crippen LogP contribution in [-0.4, -0.2) is 59.2 Å². The number of hydrogen-bond acceptors (Lipinski definition) is 6. The molecule has 0 saturated heterocycles. The number of rotatable bonds is 7. The van der Waals surface area contributed by atoms with Gasteiger partial charge in [0.1, 0.15) is 0 Å². The Bertz CT molecular complexity index is 363. The van der Waals surface area contributed by atoms with Crippen molar-refractivity contribution < 1.29 is 15.0 Å². The maximum Gasteiger partial charge on any atom is 0.271 e. The van der Waals surface area contributed by atoms with Gasteiger partial charge in [-0.25, -0.2) is 0 Å². The minimum atomic E-state index is -0.271. The van der Waals surface area contributed by atoms with Crippen molar-refractivity contribution in [2.24, 2.45) is 0 Å². The van der Waals surface area contributed by atoms with E-state index in [0.29, 0.717) is 25.5 Å². The van der Waals surface area contributed by atoms with E-state index < -0.39 is 0 Å². The first-order valence-corrected chi connectivity index (χ1v) is 5.81. The number of nitrogens with zero attached hydrogens (tertiary/aromatic N) is 3. The van der Waals surface area contributed by atoms with Crippen LogP contribution in [0.25, 0.3) is 0 Å². The number of carbonyl (C=O) groups is 1. The van der Waals surface area contributed by atoms with E-state index in [0.717, 1.165) is 0 Å². The van der Waals surface area contributed by atoms with Gasteiger partial charge in [-0.05, 0) is 19.1 Å². The zero-order valence-corrected chi connectivity index (χ0v) is 10.3. The lowest BCUT2D eigenvalue weighted by molar-refractivity contribution is 0.0950. The summed E-state index contributed by atoms with van der Waals surface area (Å²) in [6.07, 6.45) is 0. The van der Waals surface area contributed by atoms with Crippen molar-refractivity contribution >= 4 is 11.7 Å². The summed E-state index contributed by atoms with van der Waals surface area (Å²) in [5.41, 5.74) is 0.244. The van der Waals surface area contributed by atoms with Gasteiger partial charge in [0.25, 0.3) is 5.91 Å². The molecule has 0 saturated carbocycles. The van der Waals surface area contributed by atoms with Gasteiger partial charge in [0.2, 0.25) is 0 Å². The van der Waals surface area contributed by atoms with E-state index in [9.17, 15) is 4.79 Å². The highest BCUT2D eigenvalue weighted by molar-refractivity contribution is 5.92. The molecule has 1 heterocycles. The largest absolute Gasteiger partial charge is 0.395 e. The van der Waals surface area contributed by atoms with Gasteiger partial charge in [-0.1, -0.05) is 0 Å². The zero-order chi connectivity index (χ0) is 13.4. The Kier molecular flexibility index (Phi) is 6.03. The van der Waals surface area contributed by atoms with E-state index in [1.807, 2.05) is 6.92 Å². The molecule has 7 heteroatoms. The average Bonchev–Trinajstić information content (AvgIpc) is 2.39. The van der Waals surface area contributed by atoms with Crippen molar-refractivity contribution in [3.8, 4) is 0 Å². The van der Waals surface area contributed by atoms with Crippen LogP contribution in [0.5, 0.6) is 0 Å². The van der Waals surface area contributed by atoms with Gasteiger partial charge in [-0.2, -0.15) is 0 Å². The molecular weight excluding hydrogens is 236 g/mol. The normalized spacial score (nSPS) is 10.2. The summed E-state index contributed by atoms with van der Waals surface area (Å²) in [6.45, 7) is 2.98. The summed E-state index contributed by atoms with van der Waals surface area (Å²) in [5.74, 6) is 0.249. The van der Waals surface area contributed by atoms with E-state index in [-0.39, 0.29) is 24.8 Å². The first kappa shape index (κ1) is 14.3. The third-order valence-electron chi connectivity index (χ3n) is 2.28. The van der Waals surface area contributed by atoms with Crippen LogP contribution in [0.2, 0.25) is 0 Å². The molecule has 3 N–H and O–H groups in total. The molecule has 1 rings (SSSR count). The summed E-state index contributed by atoms with van der Waals surface area (Å²) in [7, 11) is 0. The minimum Gasteiger partial charge on any atom is -0.395 e. The van der Waals surface area contributed by atoms with E-state index in [2.05, 4.69) is 15.5 Å². The van der Waals surface area contributed by atoms with Crippen LogP contribution in [0.3, 0.4) is 0 Å². The molecule has 1 amide bonds. The SMILES string of the molecule is CCNC(=O)c1ccc(N(CCO)CCO)nn1. The molecule has 0 aliphatic heterocycles. The van der Waals surface area contributed by atoms with Gasteiger partial charge in [0, 0.05) is 19.6 Å². The highest BCUT2D eigenvalue weighted by Gasteiger charge is 2.10. The van der Waals surface area contributed by atoms with Gasteiger partial charge in [0.15, 0.2) is 11.5 Å². The topological polar surface area (TPSA) is 98.6 Å². The number of anilines is 1. The second-order valence-corrected chi connectivity index (χ2v) is 3.57. The molecule has 1 aromatic heterocycles. The number of amides is 1. The van der Waals surface area contributed by atoms with Crippen LogP contribution in [0.1, 0.15) is 17.4 Å². The Morgan fingerprint density at radius 2 is 1.94 bits per heavy atom. The predicted molar refractivity (Wildman–Crippen MR) is 66.4 cm³/mol. The van der Waals surface area contributed by atoms with Gasteiger partial charge >= 0.3 is 0 Å². The Labute approximate surface area is 105 Å². The number of hydrogen-bond donors (Lipinski definition) is 3. The zero-order valence-electron chi connectivity index (χ0n) is 10.3. The standard InChI is InChI=1S/C11H18N4O3/c1-2-12-11(18)9-3-4-10(14-13-9)15(5-7-16)6-8-17/h3-4,16-17H,2,5-8H2,1H3,(H,12,18). The molecular formula is C11H18N4O3. The van der Waals surface area contributed by atoms with Gasteiger partial charge in [0.05, 0.1) is 13.2 Å². The molecule has 0 spiro atoms. The summed E-state index contributed by atoms with van der Waals surface area (Å²) >= 11 is 0. The Balaban J connectivity index is 2.76. The minimum absolute atomic E-state index is 0.0419. The van der Waals surface area contributed by atoms with Crippen molar-refractivity contribution in [1.29, 1.82) is 0 Å². The molecule has 0 atom stereocenters. The molecule has 0 radical (unpaired) electrons. The first-order valence-electron chi connectivity index (χ1n) is 5.81. The van der Waals surface area contributed by atoms with E-state index in [1.54, 1.807) is 17.0 Å². The highest BCUT2D eigenvalue weighted by Crippen LogP contribution is 2.08. The van der Waals surface area contributed by atoms with Crippen molar-refractivity contribution in [3.05, 3.63) is 17.8 Å². The molecule has 0 fully saturated rings.